The number of hydrogen-bond donors (Lipinski definition) is 1. The summed E-state index contributed by atoms with van der Waals surface area (Å²) in [7, 11) is 0. The minimum atomic E-state index is -0.627. The molecule has 0 aromatic heterocycles. The molecule has 154 valence electrons. The Morgan fingerprint density at radius 1 is 1.03 bits per heavy atom. The van der Waals surface area contributed by atoms with Crippen molar-refractivity contribution in [2.24, 2.45) is 0 Å². The fraction of sp³-hybridized carbons (Fsp3) is 0.417. The highest BCUT2D eigenvalue weighted by atomic mass is 16.5. The van der Waals surface area contributed by atoms with Crippen molar-refractivity contribution in [1.82, 2.24) is 4.90 Å². The summed E-state index contributed by atoms with van der Waals surface area (Å²) in [6.07, 6.45) is 4.29. The summed E-state index contributed by atoms with van der Waals surface area (Å²) in [4.78, 5) is 27.8. The second-order valence-electron chi connectivity index (χ2n) is 7.57. The Bertz CT molecular complexity index is 842. The van der Waals surface area contributed by atoms with E-state index in [0.29, 0.717) is 23.4 Å². The number of likely N-dealkylation sites (tertiary alicyclic amines) is 1. The minimum Gasteiger partial charge on any atom is -0.481 e. The highest BCUT2D eigenvalue weighted by Crippen LogP contribution is 2.21. The summed E-state index contributed by atoms with van der Waals surface area (Å²) in [5, 5.41) is 2.92. The first kappa shape index (κ1) is 20.9. The van der Waals surface area contributed by atoms with Crippen molar-refractivity contribution in [3.05, 3.63) is 59.7 Å². The van der Waals surface area contributed by atoms with Crippen LogP contribution in [0.4, 0.5) is 5.69 Å². The van der Waals surface area contributed by atoms with Gasteiger partial charge in [-0.1, -0.05) is 44.0 Å². The lowest BCUT2D eigenvalue weighted by Crippen LogP contribution is -2.35. The quantitative estimate of drug-likeness (QED) is 0.765. The second-order valence-corrected chi connectivity index (χ2v) is 7.57. The van der Waals surface area contributed by atoms with Crippen molar-refractivity contribution >= 4 is 17.5 Å². The van der Waals surface area contributed by atoms with Gasteiger partial charge in [-0.15, -0.1) is 0 Å². The van der Waals surface area contributed by atoms with Gasteiger partial charge in [0, 0.05) is 13.1 Å². The average molecular weight is 395 g/mol. The van der Waals surface area contributed by atoms with Crippen molar-refractivity contribution in [3.8, 4) is 5.75 Å². The van der Waals surface area contributed by atoms with Gasteiger partial charge in [0.25, 0.3) is 11.8 Å². The Kier molecular flexibility index (Phi) is 7.28. The fourth-order valence-corrected chi connectivity index (χ4v) is 3.61. The predicted molar refractivity (Wildman–Crippen MR) is 115 cm³/mol. The molecule has 1 saturated heterocycles. The third-order valence-corrected chi connectivity index (χ3v) is 5.24. The van der Waals surface area contributed by atoms with Crippen LogP contribution in [0.25, 0.3) is 0 Å². The van der Waals surface area contributed by atoms with E-state index in [1.54, 1.807) is 12.1 Å². The number of carbonyl (C=O) groups excluding carboxylic acids is 2. The molecule has 1 atom stereocenters. The second kappa shape index (κ2) is 10.1. The maximum Gasteiger partial charge on any atom is 0.265 e. The van der Waals surface area contributed by atoms with Crippen LogP contribution in [-0.4, -0.2) is 35.9 Å². The van der Waals surface area contributed by atoms with Crippen LogP contribution in [-0.2, 0) is 4.79 Å². The molecule has 2 amide bonds. The first-order valence-electron chi connectivity index (χ1n) is 10.5. The Morgan fingerprint density at radius 3 is 2.45 bits per heavy atom. The SMILES string of the molecule is CC[C@@H](Oc1cccc(C)c1)C(=O)Nc1ccccc1C(=O)N1CCCCCC1. The zero-order chi connectivity index (χ0) is 20.6. The summed E-state index contributed by atoms with van der Waals surface area (Å²) in [5.41, 5.74) is 2.15. The summed E-state index contributed by atoms with van der Waals surface area (Å²) in [6.45, 7) is 5.44. The van der Waals surface area contributed by atoms with Crippen molar-refractivity contribution in [1.29, 1.82) is 0 Å². The standard InChI is InChI=1S/C24H30N2O3/c1-3-22(29-19-12-10-11-18(2)17-19)23(27)25-21-14-7-6-13-20(21)24(28)26-15-8-4-5-9-16-26/h6-7,10-14,17,22H,3-5,8-9,15-16H2,1-2H3,(H,25,27)/t22-/m1/s1. The van der Waals surface area contributed by atoms with Gasteiger partial charge >= 0.3 is 0 Å². The van der Waals surface area contributed by atoms with Crippen LogP contribution in [0.5, 0.6) is 5.75 Å². The minimum absolute atomic E-state index is 0.0181. The van der Waals surface area contributed by atoms with Crippen LogP contribution >= 0.6 is 0 Å². The van der Waals surface area contributed by atoms with Crippen LogP contribution in [0.2, 0.25) is 0 Å². The molecular formula is C24H30N2O3. The highest BCUT2D eigenvalue weighted by molar-refractivity contribution is 6.04. The van der Waals surface area contributed by atoms with E-state index in [1.165, 1.54) is 0 Å². The lowest BCUT2D eigenvalue weighted by atomic mass is 10.1. The molecule has 5 heteroatoms. The summed E-state index contributed by atoms with van der Waals surface area (Å²) in [5.74, 6) is 0.404. The van der Waals surface area contributed by atoms with Gasteiger partial charge in [0.05, 0.1) is 11.3 Å². The van der Waals surface area contributed by atoms with Crippen LogP contribution in [0.1, 0.15) is 54.9 Å². The highest BCUT2D eigenvalue weighted by Gasteiger charge is 2.23. The molecule has 1 heterocycles. The molecule has 1 aliphatic heterocycles. The number of benzene rings is 2. The third-order valence-electron chi connectivity index (χ3n) is 5.24. The number of ether oxygens (including phenoxy) is 1. The molecule has 29 heavy (non-hydrogen) atoms. The van der Waals surface area contributed by atoms with E-state index >= 15 is 0 Å². The number of nitrogens with one attached hydrogen (secondary N) is 1. The maximum absolute atomic E-state index is 13.1. The number of hydrogen-bond acceptors (Lipinski definition) is 3. The zero-order valence-electron chi connectivity index (χ0n) is 17.3. The van der Waals surface area contributed by atoms with Crippen LogP contribution in [0, 0.1) is 6.92 Å². The van der Waals surface area contributed by atoms with Gasteiger partial charge in [-0.25, -0.2) is 0 Å². The van der Waals surface area contributed by atoms with Gasteiger partial charge in [-0.3, -0.25) is 9.59 Å². The van der Waals surface area contributed by atoms with Gasteiger partial charge in [0.15, 0.2) is 6.10 Å². The number of aryl methyl sites for hydroxylation is 1. The Labute approximate surface area is 173 Å². The molecule has 0 aliphatic carbocycles. The Balaban J connectivity index is 1.73. The number of rotatable bonds is 6. The monoisotopic (exact) mass is 394 g/mol. The summed E-state index contributed by atoms with van der Waals surface area (Å²) < 4.78 is 5.90. The summed E-state index contributed by atoms with van der Waals surface area (Å²) >= 11 is 0. The largest absolute Gasteiger partial charge is 0.481 e. The smallest absolute Gasteiger partial charge is 0.265 e. The first-order chi connectivity index (χ1) is 14.1. The van der Waals surface area contributed by atoms with Crippen LogP contribution in [0.3, 0.4) is 0 Å². The van der Waals surface area contributed by atoms with Gasteiger partial charge in [0.1, 0.15) is 5.75 Å². The molecule has 0 saturated carbocycles. The fourth-order valence-electron chi connectivity index (χ4n) is 3.61. The van der Waals surface area contributed by atoms with Gasteiger partial charge in [0.2, 0.25) is 0 Å². The number of amides is 2. The molecule has 1 fully saturated rings. The van der Waals surface area contributed by atoms with E-state index < -0.39 is 6.10 Å². The third kappa shape index (κ3) is 5.59. The molecule has 2 aromatic carbocycles. The maximum atomic E-state index is 13.1. The van der Waals surface area contributed by atoms with E-state index in [0.717, 1.165) is 44.3 Å². The summed E-state index contributed by atoms with van der Waals surface area (Å²) in [6, 6.07) is 14.9. The average Bonchev–Trinajstić information content (AvgIpc) is 3.01. The molecule has 0 unspecified atom stereocenters. The van der Waals surface area contributed by atoms with Gasteiger partial charge in [-0.2, -0.15) is 0 Å². The molecular weight excluding hydrogens is 364 g/mol. The molecule has 1 N–H and O–H groups in total. The van der Waals surface area contributed by atoms with Crippen molar-refractivity contribution < 1.29 is 14.3 Å². The first-order valence-corrected chi connectivity index (χ1v) is 10.5. The van der Waals surface area contributed by atoms with Crippen molar-refractivity contribution in [2.75, 3.05) is 18.4 Å². The van der Waals surface area contributed by atoms with Gasteiger partial charge in [-0.05, 0) is 56.0 Å². The number of anilines is 1. The Morgan fingerprint density at radius 2 is 1.76 bits per heavy atom. The van der Waals surface area contributed by atoms with E-state index in [-0.39, 0.29) is 11.8 Å². The molecule has 2 aromatic rings. The van der Waals surface area contributed by atoms with Crippen molar-refractivity contribution in [3.63, 3.8) is 0 Å². The zero-order valence-corrected chi connectivity index (χ0v) is 17.3. The van der Waals surface area contributed by atoms with Gasteiger partial charge < -0.3 is 15.0 Å². The molecule has 1 aliphatic rings. The van der Waals surface area contributed by atoms with Crippen LogP contribution in [0.15, 0.2) is 48.5 Å². The number of nitrogens with zero attached hydrogens (tertiary/aromatic N) is 1. The van der Waals surface area contributed by atoms with E-state index in [1.807, 2.05) is 55.1 Å². The predicted octanol–water partition coefficient (Wildman–Crippen LogP) is 4.81. The molecule has 0 spiro atoms. The normalized spacial score (nSPS) is 15.3. The lowest BCUT2D eigenvalue weighted by molar-refractivity contribution is -0.122. The number of carbonyl (C=O) groups is 2. The van der Waals surface area contributed by atoms with E-state index in [2.05, 4.69) is 5.32 Å². The van der Waals surface area contributed by atoms with Crippen LogP contribution < -0.4 is 10.1 Å². The molecule has 0 bridgehead atoms. The Hall–Kier alpha value is -2.82. The molecule has 0 radical (unpaired) electrons. The van der Waals surface area contributed by atoms with E-state index in [9.17, 15) is 9.59 Å². The van der Waals surface area contributed by atoms with E-state index in [4.69, 9.17) is 4.74 Å². The molecule has 3 rings (SSSR count). The molecule has 5 nitrogen and oxygen atoms in total. The number of para-hydroxylation sites is 1. The lowest BCUT2D eigenvalue weighted by Gasteiger charge is -2.23. The van der Waals surface area contributed by atoms with Crippen molar-refractivity contribution in [2.45, 2.75) is 52.1 Å². The topological polar surface area (TPSA) is 58.6 Å².